The molecule has 32 heavy (non-hydrogen) atoms. The number of nitrogens with one attached hydrogen (secondary N) is 1. The molecule has 170 valence electrons. The van der Waals surface area contributed by atoms with Gasteiger partial charge in [-0.25, -0.2) is 9.78 Å². The van der Waals surface area contributed by atoms with Gasteiger partial charge in [0.25, 0.3) is 5.56 Å². The van der Waals surface area contributed by atoms with Crippen molar-refractivity contribution in [3.05, 3.63) is 62.5 Å². The van der Waals surface area contributed by atoms with E-state index < -0.39 is 5.97 Å². The number of benzene rings is 1. The minimum absolute atomic E-state index is 0.198. The van der Waals surface area contributed by atoms with E-state index in [2.05, 4.69) is 59.0 Å². The Labute approximate surface area is 192 Å². The highest BCUT2D eigenvalue weighted by atomic mass is 32.1. The first kappa shape index (κ1) is 22.6. The van der Waals surface area contributed by atoms with Crippen molar-refractivity contribution in [2.75, 3.05) is 26.7 Å². The topological polar surface area (TPSA) is 78.5 Å². The lowest BCUT2D eigenvalue weighted by molar-refractivity contribution is 0.0605. The second-order valence-corrected chi connectivity index (χ2v) is 9.33. The van der Waals surface area contributed by atoms with Crippen LogP contribution in [0.1, 0.15) is 52.9 Å². The van der Waals surface area contributed by atoms with Gasteiger partial charge in [0.05, 0.1) is 19.0 Å². The van der Waals surface area contributed by atoms with Gasteiger partial charge >= 0.3 is 5.97 Å². The number of aromatic nitrogens is 2. The number of esters is 1. The molecule has 1 aromatic carbocycles. The second kappa shape index (κ2) is 9.52. The van der Waals surface area contributed by atoms with E-state index in [1.54, 1.807) is 6.92 Å². The van der Waals surface area contributed by atoms with Gasteiger partial charge in [0.15, 0.2) is 0 Å². The van der Waals surface area contributed by atoms with Gasteiger partial charge in [-0.1, -0.05) is 37.3 Å². The van der Waals surface area contributed by atoms with Crippen LogP contribution in [0.15, 0.2) is 35.1 Å². The Morgan fingerprint density at radius 2 is 2.12 bits per heavy atom. The number of carbonyl (C=O) groups excluding carboxylic acids is 1. The largest absolute Gasteiger partial charge is 0.465 e. The van der Waals surface area contributed by atoms with Crippen LogP contribution in [0.4, 0.5) is 0 Å². The van der Waals surface area contributed by atoms with E-state index in [0.717, 1.165) is 26.1 Å². The average molecular weight is 455 g/mol. The third-order valence-electron chi connectivity index (χ3n) is 6.52. The Morgan fingerprint density at radius 3 is 2.81 bits per heavy atom. The van der Waals surface area contributed by atoms with Crippen LogP contribution in [0.5, 0.6) is 0 Å². The van der Waals surface area contributed by atoms with Crippen molar-refractivity contribution in [2.45, 2.75) is 45.8 Å². The minimum Gasteiger partial charge on any atom is -0.465 e. The van der Waals surface area contributed by atoms with E-state index in [9.17, 15) is 9.59 Å². The number of aryl methyl sites for hydroxylation is 1. The number of rotatable bonds is 7. The van der Waals surface area contributed by atoms with E-state index in [4.69, 9.17) is 9.72 Å². The van der Waals surface area contributed by atoms with Crippen molar-refractivity contribution in [3.8, 4) is 0 Å². The summed E-state index contributed by atoms with van der Waals surface area (Å²) >= 11 is 1.22. The molecule has 1 fully saturated rings. The predicted molar refractivity (Wildman–Crippen MR) is 127 cm³/mol. The molecule has 4 rings (SSSR count). The smallest absolute Gasteiger partial charge is 0.348 e. The quantitative estimate of drug-likeness (QED) is 0.548. The number of hydrogen-bond donors (Lipinski definition) is 1. The molecule has 0 saturated carbocycles. The van der Waals surface area contributed by atoms with Crippen molar-refractivity contribution >= 4 is 27.5 Å². The molecule has 1 aliphatic heterocycles. The van der Waals surface area contributed by atoms with Gasteiger partial charge in [-0.15, -0.1) is 11.3 Å². The first-order valence-electron chi connectivity index (χ1n) is 11.1. The fourth-order valence-electron chi connectivity index (χ4n) is 4.60. The van der Waals surface area contributed by atoms with E-state index in [1.165, 1.54) is 24.0 Å². The number of hydrogen-bond acceptors (Lipinski definition) is 7. The van der Waals surface area contributed by atoms with Gasteiger partial charge in [-0.2, -0.15) is 0 Å². The number of aromatic amines is 1. The summed E-state index contributed by atoms with van der Waals surface area (Å²) in [5.74, 6) is 0.205. The molecule has 7 nitrogen and oxygen atoms in total. The number of likely N-dealkylation sites (tertiary alicyclic amines) is 1. The molecule has 0 aliphatic carbocycles. The molecule has 1 N–H and O–H groups in total. The van der Waals surface area contributed by atoms with Gasteiger partial charge in [-0.3, -0.25) is 14.6 Å². The first-order valence-corrected chi connectivity index (χ1v) is 11.9. The molecule has 0 radical (unpaired) electrons. The lowest BCUT2D eigenvalue weighted by Crippen LogP contribution is -2.38. The first-order chi connectivity index (χ1) is 15.4. The molecular weight excluding hydrogens is 424 g/mol. The molecule has 2 atom stereocenters. The van der Waals surface area contributed by atoms with E-state index in [-0.39, 0.29) is 5.56 Å². The minimum atomic E-state index is -0.430. The van der Waals surface area contributed by atoms with Crippen molar-refractivity contribution in [2.24, 2.45) is 0 Å². The van der Waals surface area contributed by atoms with E-state index in [1.807, 2.05) is 0 Å². The summed E-state index contributed by atoms with van der Waals surface area (Å²) in [5.41, 5.74) is 1.77. The zero-order valence-electron chi connectivity index (χ0n) is 19.1. The van der Waals surface area contributed by atoms with Crippen LogP contribution in [-0.2, 0) is 11.3 Å². The number of fused-ring (bicyclic) bond motifs is 1. The Bertz CT molecular complexity index is 1160. The fraction of sp³-hybridized carbons (Fsp3) is 0.458. The van der Waals surface area contributed by atoms with Crippen molar-refractivity contribution < 1.29 is 9.53 Å². The third kappa shape index (κ3) is 4.35. The Morgan fingerprint density at radius 1 is 1.38 bits per heavy atom. The molecule has 0 spiro atoms. The zero-order chi connectivity index (χ0) is 22.8. The Hall–Kier alpha value is -2.55. The Balaban J connectivity index is 1.51. The zero-order valence-corrected chi connectivity index (χ0v) is 19.9. The highest BCUT2D eigenvalue weighted by molar-refractivity contribution is 7.20. The molecule has 2 aromatic heterocycles. The number of nitrogens with zero attached hydrogens (tertiary/aromatic N) is 3. The summed E-state index contributed by atoms with van der Waals surface area (Å²) in [5, 5.41) is 0.478. The van der Waals surface area contributed by atoms with Crippen molar-refractivity contribution in [1.29, 1.82) is 0 Å². The maximum atomic E-state index is 12.8. The molecule has 8 heteroatoms. The second-order valence-electron chi connectivity index (χ2n) is 8.33. The van der Waals surface area contributed by atoms with Gasteiger partial charge < -0.3 is 9.72 Å². The highest BCUT2D eigenvalue weighted by Gasteiger charge is 2.30. The normalized spacial score (nSPS) is 17.8. The van der Waals surface area contributed by atoms with Gasteiger partial charge in [0.1, 0.15) is 15.5 Å². The molecule has 0 amide bonds. The molecule has 2 unspecified atom stereocenters. The summed E-state index contributed by atoms with van der Waals surface area (Å²) < 4.78 is 4.85. The monoisotopic (exact) mass is 454 g/mol. The number of methoxy groups -OCH3 is 1. The van der Waals surface area contributed by atoms with Crippen LogP contribution >= 0.6 is 11.3 Å². The van der Waals surface area contributed by atoms with Crippen LogP contribution in [0, 0.1) is 6.92 Å². The van der Waals surface area contributed by atoms with Crippen LogP contribution in [0.3, 0.4) is 0 Å². The summed E-state index contributed by atoms with van der Waals surface area (Å²) in [7, 11) is 1.35. The molecule has 3 aromatic rings. The molecule has 3 heterocycles. The standard InChI is InChI=1S/C24H30N4O3S/c1-5-27(18-11-12-28(13-18)16(3)17-9-7-6-8-10-17)14-19-25-22(29)20-15(2)21(24(30)31-4)32-23(20)26-19/h6-10,16,18H,5,11-14H2,1-4H3,(H,25,26,29). The lowest BCUT2D eigenvalue weighted by Gasteiger charge is -2.29. The summed E-state index contributed by atoms with van der Waals surface area (Å²) in [4.78, 5) is 38.3. The summed E-state index contributed by atoms with van der Waals surface area (Å²) in [6.45, 7) is 9.65. The highest BCUT2D eigenvalue weighted by Crippen LogP contribution is 2.29. The van der Waals surface area contributed by atoms with E-state index in [0.29, 0.717) is 45.1 Å². The summed E-state index contributed by atoms with van der Waals surface area (Å²) in [6, 6.07) is 11.4. The third-order valence-corrected chi connectivity index (χ3v) is 7.69. The van der Waals surface area contributed by atoms with Crippen molar-refractivity contribution in [1.82, 2.24) is 19.8 Å². The van der Waals surface area contributed by atoms with Crippen LogP contribution in [-0.4, -0.2) is 58.5 Å². The number of ether oxygens (including phenoxy) is 1. The van der Waals surface area contributed by atoms with Crippen LogP contribution in [0.2, 0.25) is 0 Å². The van der Waals surface area contributed by atoms with E-state index >= 15 is 0 Å². The number of likely N-dealkylation sites (N-methyl/N-ethyl adjacent to an activating group) is 1. The van der Waals surface area contributed by atoms with Gasteiger partial charge in [0, 0.05) is 25.2 Å². The van der Waals surface area contributed by atoms with Crippen molar-refractivity contribution in [3.63, 3.8) is 0 Å². The van der Waals surface area contributed by atoms with Crippen LogP contribution < -0.4 is 5.56 Å². The molecule has 0 bridgehead atoms. The SMILES string of the molecule is CCN(Cc1nc2sc(C(=O)OC)c(C)c2c(=O)[nH]1)C1CCN(C(C)c2ccccc2)C1. The van der Waals surface area contributed by atoms with Gasteiger partial charge in [-0.05, 0) is 37.9 Å². The molecule has 1 saturated heterocycles. The number of thiophene rings is 1. The maximum absolute atomic E-state index is 12.8. The Kier molecular flexibility index (Phi) is 6.74. The fourth-order valence-corrected chi connectivity index (χ4v) is 5.72. The predicted octanol–water partition coefficient (Wildman–Crippen LogP) is 3.74. The average Bonchev–Trinajstić information content (AvgIpc) is 3.42. The summed E-state index contributed by atoms with van der Waals surface area (Å²) in [6.07, 6.45) is 1.09. The van der Waals surface area contributed by atoms with Crippen LogP contribution in [0.25, 0.3) is 10.2 Å². The number of H-pyrrole nitrogens is 1. The maximum Gasteiger partial charge on any atom is 0.348 e. The molecule has 1 aliphatic rings. The molecular formula is C24H30N4O3S. The number of carbonyl (C=O) groups is 1. The lowest BCUT2D eigenvalue weighted by atomic mass is 10.1. The van der Waals surface area contributed by atoms with Gasteiger partial charge in [0.2, 0.25) is 0 Å².